The van der Waals surface area contributed by atoms with E-state index >= 15 is 0 Å². The van der Waals surface area contributed by atoms with Crippen molar-refractivity contribution in [3.63, 3.8) is 0 Å². The number of carbonyl (C=O) groups is 1. The van der Waals surface area contributed by atoms with Gasteiger partial charge in [0.05, 0.1) is 13.1 Å². The molecular weight excluding hydrogens is 342 g/mol. The van der Waals surface area contributed by atoms with Gasteiger partial charge in [-0.3, -0.25) is 9.69 Å². The number of benzene rings is 1. The molecule has 2 aromatic rings. The van der Waals surface area contributed by atoms with E-state index in [4.69, 9.17) is 4.74 Å². The van der Waals surface area contributed by atoms with Crippen LogP contribution >= 0.6 is 0 Å². The third kappa shape index (κ3) is 4.47. The predicted molar refractivity (Wildman–Crippen MR) is 101 cm³/mol. The van der Waals surface area contributed by atoms with E-state index < -0.39 is 0 Å². The monoisotopic (exact) mass is 369 g/mol. The molecule has 4 rings (SSSR count). The Morgan fingerprint density at radius 1 is 1.22 bits per heavy atom. The summed E-state index contributed by atoms with van der Waals surface area (Å²) in [4.78, 5) is 14.6. The number of nitrogens with one attached hydrogen (secondary N) is 1. The van der Waals surface area contributed by atoms with Crippen LogP contribution in [0.3, 0.4) is 0 Å². The third-order valence-electron chi connectivity index (χ3n) is 5.46. The zero-order chi connectivity index (χ0) is 18.5. The van der Waals surface area contributed by atoms with E-state index in [1.807, 2.05) is 18.2 Å². The summed E-state index contributed by atoms with van der Waals surface area (Å²) in [5.41, 5.74) is 1.12. The largest absolute Gasteiger partial charge is 0.492 e. The van der Waals surface area contributed by atoms with Gasteiger partial charge in [-0.05, 0) is 18.9 Å². The van der Waals surface area contributed by atoms with Gasteiger partial charge < -0.3 is 14.6 Å². The Labute approximate surface area is 159 Å². The number of ether oxygens (including phenoxy) is 1. The zero-order valence-electron chi connectivity index (χ0n) is 15.6. The number of hydrogen-bond donors (Lipinski definition) is 1. The maximum absolute atomic E-state index is 12.5. The Bertz CT molecular complexity index is 769. The molecule has 1 aromatic heterocycles. The molecule has 2 heterocycles. The maximum Gasteiger partial charge on any atom is 0.234 e. The quantitative estimate of drug-likeness (QED) is 0.876. The summed E-state index contributed by atoms with van der Waals surface area (Å²) < 4.78 is 7.92. The minimum Gasteiger partial charge on any atom is -0.492 e. The van der Waals surface area contributed by atoms with Crippen LogP contribution in [-0.4, -0.2) is 45.3 Å². The Morgan fingerprint density at radius 3 is 2.96 bits per heavy atom. The Hall–Kier alpha value is -2.41. The van der Waals surface area contributed by atoms with E-state index in [1.165, 1.54) is 32.1 Å². The smallest absolute Gasteiger partial charge is 0.234 e. The summed E-state index contributed by atoms with van der Waals surface area (Å²) in [6.45, 7) is 2.84. The fraction of sp³-hybridized carbons (Fsp3) is 0.550. The van der Waals surface area contributed by atoms with Gasteiger partial charge in [0.25, 0.3) is 0 Å². The number of amides is 1. The van der Waals surface area contributed by atoms with E-state index in [2.05, 4.69) is 31.0 Å². The van der Waals surface area contributed by atoms with Gasteiger partial charge >= 0.3 is 0 Å². The lowest BCUT2D eigenvalue weighted by Crippen LogP contribution is -2.38. The molecule has 2 aliphatic rings. The second-order valence-electron chi connectivity index (χ2n) is 7.39. The zero-order valence-corrected chi connectivity index (χ0v) is 15.6. The molecule has 1 N–H and O–H groups in total. The average molecular weight is 369 g/mol. The highest BCUT2D eigenvalue weighted by atomic mass is 16.5. The molecule has 7 heteroatoms. The number of fused-ring (bicyclic) bond motifs is 1. The maximum atomic E-state index is 12.5. The fourth-order valence-electron chi connectivity index (χ4n) is 4.01. The van der Waals surface area contributed by atoms with Gasteiger partial charge in [0.1, 0.15) is 18.7 Å². The number of para-hydroxylation sites is 1. The highest BCUT2D eigenvalue weighted by Gasteiger charge is 2.20. The van der Waals surface area contributed by atoms with E-state index in [9.17, 15) is 4.79 Å². The molecule has 1 saturated carbocycles. The molecule has 1 amide bonds. The summed E-state index contributed by atoms with van der Waals surface area (Å²) in [5, 5.41) is 11.3. The van der Waals surface area contributed by atoms with Crippen LogP contribution in [0.15, 0.2) is 30.6 Å². The van der Waals surface area contributed by atoms with Gasteiger partial charge in [0.2, 0.25) is 5.91 Å². The van der Waals surface area contributed by atoms with Crippen LogP contribution in [0.4, 0.5) is 0 Å². The van der Waals surface area contributed by atoms with Crippen molar-refractivity contribution in [2.24, 2.45) is 0 Å². The standard InChI is InChI=1S/C20H27N5O2/c26-20(14-24-10-11-27-18-9-5-4-6-16(18)13-24)21-12-19-23-22-15-25(19)17-7-2-1-3-8-17/h4-6,9,15,17H,1-3,7-8,10-14H2,(H,21,26). The van der Waals surface area contributed by atoms with Crippen molar-refractivity contribution in [1.82, 2.24) is 25.0 Å². The minimum atomic E-state index is 0.00701. The van der Waals surface area contributed by atoms with Crippen LogP contribution in [0.2, 0.25) is 0 Å². The van der Waals surface area contributed by atoms with Gasteiger partial charge in [-0.1, -0.05) is 37.5 Å². The molecule has 0 saturated heterocycles. The van der Waals surface area contributed by atoms with E-state index in [0.717, 1.165) is 30.2 Å². The molecule has 1 aliphatic heterocycles. The average Bonchev–Trinajstić information content (AvgIpc) is 3.07. The van der Waals surface area contributed by atoms with Crippen LogP contribution in [0.25, 0.3) is 0 Å². The van der Waals surface area contributed by atoms with E-state index in [1.54, 1.807) is 6.33 Å². The van der Waals surface area contributed by atoms with Crippen LogP contribution < -0.4 is 10.1 Å². The highest BCUT2D eigenvalue weighted by molar-refractivity contribution is 5.77. The summed E-state index contributed by atoms with van der Waals surface area (Å²) in [6.07, 6.45) is 7.98. The molecule has 1 fully saturated rings. The number of aromatic nitrogens is 3. The molecule has 27 heavy (non-hydrogen) atoms. The first-order valence-electron chi connectivity index (χ1n) is 9.88. The Balaban J connectivity index is 1.31. The van der Waals surface area contributed by atoms with Crippen LogP contribution in [0.1, 0.15) is 49.5 Å². The summed E-state index contributed by atoms with van der Waals surface area (Å²) >= 11 is 0. The van der Waals surface area contributed by atoms with Crippen molar-refractivity contribution < 1.29 is 9.53 Å². The number of carbonyl (C=O) groups excluding carboxylic acids is 1. The van der Waals surface area contributed by atoms with Crippen molar-refractivity contribution in [2.75, 3.05) is 19.7 Å². The third-order valence-corrected chi connectivity index (χ3v) is 5.46. The molecule has 7 nitrogen and oxygen atoms in total. The van der Waals surface area contributed by atoms with Crippen molar-refractivity contribution in [3.8, 4) is 5.75 Å². The van der Waals surface area contributed by atoms with Crippen molar-refractivity contribution in [1.29, 1.82) is 0 Å². The first-order chi connectivity index (χ1) is 13.3. The van der Waals surface area contributed by atoms with Crippen LogP contribution in [0.5, 0.6) is 5.75 Å². The second-order valence-corrected chi connectivity index (χ2v) is 7.39. The number of nitrogens with zero attached hydrogens (tertiary/aromatic N) is 4. The van der Waals surface area contributed by atoms with Gasteiger partial charge in [-0.25, -0.2) is 0 Å². The molecule has 0 radical (unpaired) electrons. The van der Waals surface area contributed by atoms with Crippen LogP contribution in [0, 0.1) is 0 Å². The van der Waals surface area contributed by atoms with Gasteiger partial charge in [-0.2, -0.15) is 0 Å². The van der Waals surface area contributed by atoms with Crippen molar-refractivity contribution in [3.05, 3.63) is 42.0 Å². The molecule has 1 aliphatic carbocycles. The predicted octanol–water partition coefficient (Wildman–Crippen LogP) is 2.29. The topological polar surface area (TPSA) is 72.3 Å². The summed E-state index contributed by atoms with van der Waals surface area (Å²) in [5.74, 6) is 1.77. The molecule has 1 aromatic carbocycles. The first-order valence-corrected chi connectivity index (χ1v) is 9.88. The van der Waals surface area contributed by atoms with E-state index in [0.29, 0.717) is 25.7 Å². The molecule has 144 valence electrons. The SMILES string of the molecule is O=C(CN1CCOc2ccccc2C1)NCc1nncn1C1CCCCC1. The number of rotatable bonds is 5. The lowest BCUT2D eigenvalue weighted by atomic mass is 9.95. The van der Waals surface area contributed by atoms with Gasteiger partial charge in [0, 0.05) is 24.7 Å². The van der Waals surface area contributed by atoms with E-state index in [-0.39, 0.29) is 5.91 Å². The highest BCUT2D eigenvalue weighted by Crippen LogP contribution is 2.28. The lowest BCUT2D eigenvalue weighted by molar-refractivity contribution is -0.122. The lowest BCUT2D eigenvalue weighted by Gasteiger charge is -2.24. The molecule has 0 atom stereocenters. The first kappa shape index (κ1) is 18.0. The number of hydrogen-bond acceptors (Lipinski definition) is 5. The Kier molecular flexibility index (Phi) is 5.67. The molecule has 0 bridgehead atoms. The summed E-state index contributed by atoms with van der Waals surface area (Å²) in [6, 6.07) is 8.49. The van der Waals surface area contributed by atoms with Crippen molar-refractivity contribution >= 4 is 5.91 Å². The Morgan fingerprint density at radius 2 is 2.07 bits per heavy atom. The minimum absolute atomic E-state index is 0.00701. The summed E-state index contributed by atoms with van der Waals surface area (Å²) in [7, 11) is 0. The molecule has 0 spiro atoms. The van der Waals surface area contributed by atoms with Crippen molar-refractivity contribution in [2.45, 2.75) is 51.2 Å². The molecular formula is C20H27N5O2. The van der Waals surface area contributed by atoms with Gasteiger partial charge in [-0.15, -0.1) is 10.2 Å². The second kappa shape index (κ2) is 8.52. The normalized spacial score (nSPS) is 18.4. The van der Waals surface area contributed by atoms with Gasteiger partial charge in [0.15, 0.2) is 5.82 Å². The van der Waals surface area contributed by atoms with Crippen LogP contribution in [-0.2, 0) is 17.9 Å². The molecule has 0 unspecified atom stereocenters. The fourth-order valence-corrected chi connectivity index (χ4v) is 4.01.